The van der Waals surface area contributed by atoms with Crippen LogP contribution < -0.4 is 5.56 Å². The minimum Gasteiger partial charge on any atom is -0.481 e. The average Bonchev–Trinajstić information content (AvgIpc) is 2.94. The Balaban J connectivity index is 2.05. The fourth-order valence-corrected chi connectivity index (χ4v) is 3.19. The number of fused-ring (bicyclic) bond motifs is 1. The molecule has 8 heteroatoms. The van der Waals surface area contributed by atoms with Gasteiger partial charge in [-0.3, -0.25) is 9.59 Å². The molecule has 23 heavy (non-hydrogen) atoms. The van der Waals surface area contributed by atoms with E-state index in [1.165, 1.54) is 7.11 Å². The van der Waals surface area contributed by atoms with Crippen LogP contribution in [0.25, 0.3) is 11.3 Å². The van der Waals surface area contributed by atoms with Gasteiger partial charge in [0.2, 0.25) is 0 Å². The number of aliphatic carboxylic acids is 1. The lowest BCUT2D eigenvalue weighted by atomic mass is 9.85. The number of carboxylic acids is 1. The fourth-order valence-electron chi connectivity index (χ4n) is 3.19. The minimum absolute atomic E-state index is 0.0769. The third kappa shape index (κ3) is 2.71. The van der Waals surface area contributed by atoms with E-state index in [0.29, 0.717) is 18.4 Å². The highest BCUT2D eigenvalue weighted by Crippen LogP contribution is 2.34. The summed E-state index contributed by atoms with van der Waals surface area (Å²) in [7, 11) is 1.26. The monoisotopic (exact) mass is 319 g/mol. The molecule has 0 aromatic rings. The lowest BCUT2D eigenvalue weighted by Gasteiger charge is -2.29. The van der Waals surface area contributed by atoms with Gasteiger partial charge < -0.3 is 14.4 Å². The van der Waals surface area contributed by atoms with Crippen molar-refractivity contribution in [3.63, 3.8) is 0 Å². The van der Waals surface area contributed by atoms with Crippen molar-refractivity contribution < 1.29 is 19.4 Å². The van der Waals surface area contributed by atoms with Crippen molar-refractivity contribution in [2.24, 2.45) is 5.92 Å². The molecule has 1 aliphatic carbocycles. The Morgan fingerprint density at radius 2 is 2.17 bits per heavy atom. The molecular formula is C15H17N3O5. The number of aromatic amines is 1. The van der Waals surface area contributed by atoms with Crippen LogP contribution in [-0.2, 0) is 9.53 Å². The summed E-state index contributed by atoms with van der Waals surface area (Å²) in [5.41, 5.74) is 0.375. The average molecular weight is 319 g/mol. The van der Waals surface area contributed by atoms with E-state index >= 15 is 0 Å². The molecule has 1 fully saturated rings. The lowest BCUT2D eigenvalue weighted by Crippen LogP contribution is -2.25. The van der Waals surface area contributed by atoms with E-state index in [-0.39, 0.29) is 22.9 Å². The largest absolute Gasteiger partial charge is 0.481 e. The van der Waals surface area contributed by atoms with Crippen LogP contribution in [0.5, 0.6) is 0 Å². The summed E-state index contributed by atoms with van der Waals surface area (Å²) in [6.45, 7) is 0. The molecule has 0 saturated heterocycles. The molecule has 0 aromatic heterocycles. The summed E-state index contributed by atoms with van der Waals surface area (Å²) >= 11 is 0. The third-order valence-electron chi connectivity index (χ3n) is 4.40. The van der Waals surface area contributed by atoms with Crippen molar-refractivity contribution in [3.8, 4) is 11.3 Å². The van der Waals surface area contributed by atoms with E-state index in [4.69, 9.17) is 4.74 Å². The van der Waals surface area contributed by atoms with Crippen molar-refractivity contribution in [1.29, 1.82) is 0 Å². The minimum atomic E-state index is -0.808. The van der Waals surface area contributed by atoms with Crippen molar-refractivity contribution in [1.82, 2.24) is 14.8 Å². The van der Waals surface area contributed by atoms with Gasteiger partial charge in [-0.1, -0.05) is 6.42 Å². The Kier molecular flexibility index (Phi) is 3.89. The molecule has 2 unspecified atom stereocenters. The summed E-state index contributed by atoms with van der Waals surface area (Å²) in [6, 6.07) is -0.0769. The Morgan fingerprint density at radius 3 is 2.87 bits per heavy atom. The van der Waals surface area contributed by atoms with E-state index in [0.717, 1.165) is 12.8 Å². The van der Waals surface area contributed by atoms with Crippen LogP contribution in [0.4, 0.5) is 0 Å². The second-order valence-corrected chi connectivity index (χ2v) is 5.78. The first kappa shape index (κ1) is 15.3. The first-order valence-corrected chi connectivity index (χ1v) is 7.42. The molecule has 0 radical (unpaired) electrons. The van der Waals surface area contributed by atoms with E-state index in [9.17, 15) is 19.5 Å². The number of H-pyrrole nitrogens is 1. The first-order chi connectivity index (χ1) is 11.0. The van der Waals surface area contributed by atoms with Gasteiger partial charge >= 0.3 is 11.9 Å². The Bertz CT molecular complexity index is 778. The molecule has 2 heterocycles. The normalized spacial score (nSPS) is 21.3. The third-order valence-corrected chi connectivity index (χ3v) is 4.40. The number of methoxy groups -OCH3 is 1. The molecule has 0 spiro atoms. The molecule has 122 valence electrons. The number of carbonyl (C=O) groups is 2. The zero-order chi connectivity index (χ0) is 16.6. The number of hydrogen-bond acceptors (Lipinski definition) is 5. The van der Waals surface area contributed by atoms with Crippen molar-refractivity contribution in [3.05, 3.63) is 28.3 Å². The lowest BCUT2D eigenvalue weighted by molar-refractivity contribution is -0.143. The van der Waals surface area contributed by atoms with E-state index in [1.54, 1.807) is 17.0 Å². The molecule has 0 amide bonds. The fraction of sp³-hybridized carbons (Fsp3) is 0.467. The molecule has 2 atom stereocenters. The number of carboxylic acid groups (broad SMARTS) is 1. The highest BCUT2D eigenvalue weighted by Gasteiger charge is 2.30. The number of hydrogen-bond donors (Lipinski definition) is 2. The van der Waals surface area contributed by atoms with E-state index in [2.05, 4.69) is 10.2 Å². The number of ether oxygens (including phenoxy) is 1. The Morgan fingerprint density at radius 1 is 1.39 bits per heavy atom. The van der Waals surface area contributed by atoms with Gasteiger partial charge in [0.1, 0.15) is 11.3 Å². The van der Waals surface area contributed by atoms with Gasteiger partial charge in [-0.05, 0) is 19.3 Å². The number of aromatic nitrogens is 3. The molecule has 8 nitrogen and oxygen atoms in total. The summed E-state index contributed by atoms with van der Waals surface area (Å²) in [4.78, 5) is 35.1. The highest BCUT2D eigenvalue weighted by atomic mass is 16.5. The van der Waals surface area contributed by atoms with Crippen LogP contribution in [0.15, 0.2) is 17.2 Å². The SMILES string of the molecule is COC(=O)c1cn(C2CCCC(C(=O)O)C2)cc2c(=O)[nH]nc1-2. The van der Waals surface area contributed by atoms with E-state index < -0.39 is 17.9 Å². The van der Waals surface area contributed by atoms with Gasteiger partial charge in [-0.25, -0.2) is 9.89 Å². The smallest absolute Gasteiger partial charge is 0.341 e. The summed E-state index contributed by atoms with van der Waals surface area (Å²) in [5.74, 6) is -1.80. The molecule has 3 aliphatic rings. The van der Waals surface area contributed by atoms with Crippen molar-refractivity contribution in [2.45, 2.75) is 31.7 Å². The Labute approximate surface area is 131 Å². The van der Waals surface area contributed by atoms with Crippen molar-refractivity contribution in [2.75, 3.05) is 7.11 Å². The molecule has 3 rings (SSSR count). The summed E-state index contributed by atoms with van der Waals surface area (Å²) < 4.78 is 6.50. The van der Waals surface area contributed by atoms with E-state index in [1.807, 2.05) is 0 Å². The van der Waals surface area contributed by atoms with Gasteiger partial charge in [0.15, 0.2) is 0 Å². The summed E-state index contributed by atoms with van der Waals surface area (Å²) in [5, 5.41) is 15.4. The van der Waals surface area contributed by atoms with Gasteiger partial charge in [0.05, 0.1) is 18.6 Å². The topological polar surface area (TPSA) is 114 Å². The van der Waals surface area contributed by atoms with Crippen LogP contribution in [-0.4, -0.2) is 38.9 Å². The number of esters is 1. The van der Waals surface area contributed by atoms with Crippen LogP contribution in [0.2, 0.25) is 0 Å². The second kappa shape index (κ2) is 5.86. The highest BCUT2D eigenvalue weighted by molar-refractivity contribution is 5.95. The number of nitrogens with one attached hydrogen (secondary N) is 1. The molecule has 0 bridgehead atoms. The first-order valence-electron chi connectivity index (χ1n) is 7.42. The standard InChI is InChI=1S/C15H17N3O5/c1-23-15(22)11-7-18(6-10-12(11)16-17-13(10)19)9-4-2-3-8(5-9)14(20)21/h6-9H,2-5H2,1H3,(H,17,19)(H,20,21). The van der Waals surface area contributed by atoms with Gasteiger partial charge in [-0.2, -0.15) is 5.10 Å². The van der Waals surface area contributed by atoms with Gasteiger partial charge in [0.25, 0.3) is 5.56 Å². The van der Waals surface area contributed by atoms with Crippen LogP contribution in [0, 0.1) is 5.92 Å². The molecule has 0 aromatic carbocycles. The molecular weight excluding hydrogens is 302 g/mol. The van der Waals surface area contributed by atoms with Gasteiger partial charge in [0, 0.05) is 18.4 Å². The second-order valence-electron chi connectivity index (χ2n) is 5.78. The predicted octanol–water partition coefficient (Wildman–Crippen LogP) is 1.28. The Hall–Kier alpha value is -2.64. The molecule has 1 saturated carbocycles. The zero-order valence-corrected chi connectivity index (χ0v) is 12.6. The molecule has 2 N–H and O–H groups in total. The maximum Gasteiger partial charge on any atom is 0.341 e. The zero-order valence-electron chi connectivity index (χ0n) is 12.6. The van der Waals surface area contributed by atoms with Crippen molar-refractivity contribution >= 4 is 11.9 Å². The number of rotatable bonds is 3. The molecule has 2 aliphatic heterocycles. The maximum atomic E-state index is 12.0. The number of nitrogens with zero attached hydrogens (tertiary/aromatic N) is 2. The van der Waals surface area contributed by atoms with Crippen LogP contribution >= 0.6 is 0 Å². The van der Waals surface area contributed by atoms with Crippen LogP contribution in [0.3, 0.4) is 0 Å². The van der Waals surface area contributed by atoms with Gasteiger partial charge in [-0.15, -0.1) is 0 Å². The predicted molar refractivity (Wildman–Crippen MR) is 79.4 cm³/mol. The number of carbonyl (C=O) groups excluding carboxylic acids is 1. The number of pyridine rings is 1. The maximum absolute atomic E-state index is 12.0. The quantitative estimate of drug-likeness (QED) is 0.824. The van der Waals surface area contributed by atoms with Crippen LogP contribution in [0.1, 0.15) is 42.1 Å². The summed E-state index contributed by atoms with van der Waals surface area (Å²) in [6.07, 6.45) is 5.92.